The van der Waals surface area contributed by atoms with E-state index in [1.165, 1.54) is 0 Å². The zero-order chi connectivity index (χ0) is 11.8. The van der Waals surface area contributed by atoms with E-state index < -0.39 is 0 Å². The molecule has 0 spiro atoms. The Bertz CT molecular complexity index is 185. The lowest BCUT2D eigenvalue weighted by Crippen LogP contribution is -2.38. The number of nitrogens with two attached hydrogens (primary N) is 1. The highest BCUT2D eigenvalue weighted by Gasteiger charge is 2.03. The summed E-state index contributed by atoms with van der Waals surface area (Å²) in [5, 5.41) is 0. The topological polar surface area (TPSA) is 44.9 Å². The van der Waals surface area contributed by atoms with Gasteiger partial charge in [-0.1, -0.05) is 0 Å². The molecule has 0 aromatic rings. The molecule has 0 radical (unpaired) electrons. The standard InChI is InChI=1S/C11H26N4/c1-6-15(7-2)11(12)13-8-9-14(5)10(3)4/h10H,6-9H2,1-5H3,(H2,12,13). The zero-order valence-electron chi connectivity index (χ0n) is 10.8. The highest BCUT2D eigenvalue weighted by atomic mass is 15.2. The van der Waals surface area contributed by atoms with Gasteiger partial charge in [-0.2, -0.15) is 0 Å². The SMILES string of the molecule is CCN(CC)C(N)=NCCN(C)C(C)C. The fraction of sp³-hybridized carbons (Fsp3) is 0.909. The Hall–Kier alpha value is -0.770. The van der Waals surface area contributed by atoms with Crippen molar-refractivity contribution >= 4 is 5.96 Å². The van der Waals surface area contributed by atoms with Crippen molar-refractivity contribution in [3.8, 4) is 0 Å². The van der Waals surface area contributed by atoms with Crippen LogP contribution in [0, 0.1) is 0 Å². The van der Waals surface area contributed by atoms with Crippen molar-refractivity contribution in [3.63, 3.8) is 0 Å². The Morgan fingerprint density at radius 2 is 1.80 bits per heavy atom. The minimum Gasteiger partial charge on any atom is -0.370 e. The van der Waals surface area contributed by atoms with Crippen molar-refractivity contribution in [1.29, 1.82) is 0 Å². The fourth-order valence-electron chi connectivity index (χ4n) is 1.23. The Balaban J connectivity index is 3.94. The summed E-state index contributed by atoms with van der Waals surface area (Å²) >= 11 is 0. The van der Waals surface area contributed by atoms with E-state index in [0.717, 1.165) is 26.2 Å². The first-order chi connectivity index (χ1) is 7.02. The van der Waals surface area contributed by atoms with Gasteiger partial charge in [0.2, 0.25) is 0 Å². The largest absolute Gasteiger partial charge is 0.370 e. The van der Waals surface area contributed by atoms with Gasteiger partial charge in [-0.15, -0.1) is 0 Å². The molecule has 0 amide bonds. The monoisotopic (exact) mass is 214 g/mol. The second-order valence-electron chi connectivity index (χ2n) is 3.99. The van der Waals surface area contributed by atoms with Crippen molar-refractivity contribution in [2.24, 2.45) is 10.7 Å². The van der Waals surface area contributed by atoms with Gasteiger partial charge >= 0.3 is 0 Å². The summed E-state index contributed by atoms with van der Waals surface area (Å²) in [4.78, 5) is 8.69. The molecule has 0 fully saturated rings. The molecule has 0 aliphatic heterocycles. The highest BCUT2D eigenvalue weighted by molar-refractivity contribution is 5.77. The third-order valence-corrected chi connectivity index (χ3v) is 2.70. The van der Waals surface area contributed by atoms with E-state index in [2.05, 4.69) is 49.5 Å². The summed E-state index contributed by atoms with van der Waals surface area (Å²) in [6.45, 7) is 12.1. The van der Waals surface area contributed by atoms with Crippen LogP contribution < -0.4 is 5.73 Å². The summed E-state index contributed by atoms with van der Waals surface area (Å²) < 4.78 is 0. The first kappa shape index (κ1) is 14.2. The third-order valence-electron chi connectivity index (χ3n) is 2.70. The van der Waals surface area contributed by atoms with Crippen LogP contribution in [0.1, 0.15) is 27.7 Å². The molecule has 0 heterocycles. The van der Waals surface area contributed by atoms with Crippen LogP contribution >= 0.6 is 0 Å². The molecule has 0 aromatic heterocycles. The Labute approximate surface area is 94.1 Å². The molecule has 0 atom stereocenters. The van der Waals surface area contributed by atoms with Crippen LogP contribution in [0.4, 0.5) is 0 Å². The van der Waals surface area contributed by atoms with Crippen LogP contribution in [-0.4, -0.2) is 55.0 Å². The first-order valence-electron chi connectivity index (χ1n) is 5.78. The summed E-state index contributed by atoms with van der Waals surface area (Å²) in [7, 11) is 2.10. The van der Waals surface area contributed by atoms with Crippen LogP contribution in [0.25, 0.3) is 0 Å². The van der Waals surface area contributed by atoms with Crippen molar-refractivity contribution in [3.05, 3.63) is 0 Å². The molecule has 0 aromatic carbocycles. The van der Waals surface area contributed by atoms with Crippen molar-refractivity contribution < 1.29 is 0 Å². The number of guanidine groups is 1. The molecule has 0 aliphatic carbocycles. The molecular weight excluding hydrogens is 188 g/mol. The molecule has 4 heteroatoms. The number of likely N-dealkylation sites (N-methyl/N-ethyl adjacent to an activating group) is 1. The molecule has 0 unspecified atom stereocenters. The summed E-state index contributed by atoms with van der Waals surface area (Å²) in [5.74, 6) is 0.664. The molecule has 0 bridgehead atoms. The summed E-state index contributed by atoms with van der Waals surface area (Å²) in [5.41, 5.74) is 5.86. The lowest BCUT2D eigenvalue weighted by atomic mass is 10.3. The minimum atomic E-state index is 0.565. The van der Waals surface area contributed by atoms with Crippen LogP contribution in [-0.2, 0) is 0 Å². The van der Waals surface area contributed by atoms with Gasteiger partial charge < -0.3 is 15.5 Å². The first-order valence-corrected chi connectivity index (χ1v) is 5.78. The molecule has 0 rings (SSSR count). The van der Waals surface area contributed by atoms with Crippen LogP contribution in [0.2, 0.25) is 0 Å². The van der Waals surface area contributed by atoms with Gasteiger partial charge in [-0.3, -0.25) is 4.99 Å². The zero-order valence-corrected chi connectivity index (χ0v) is 10.8. The fourth-order valence-corrected chi connectivity index (χ4v) is 1.23. The summed E-state index contributed by atoms with van der Waals surface area (Å²) in [6.07, 6.45) is 0. The normalized spacial score (nSPS) is 12.6. The van der Waals surface area contributed by atoms with Crippen LogP contribution in [0.15, 0.2) is 4.99 Å². The number of hydrogen-bond donors (Lipinski definition) is 1. The average molecular weight is 214 g/mol. The van der Waals surface area contributed by atoms with E-state index in [-0.39, 0.29) is 0 Å². The van der Waals surface area contributed by atoms with E-state index in [4.69, 9.17) is 5.73 Å². The number of rotatable bonds is 6. The van der Waals surface area contributed by atoms with Crippen molar-refractivity contribution in [2.45, 2.75) is 33.7 Å². The van der Waals surface area contributed by atoms with Gasteiger partial charge in [-0.05, 0) is 34.7 Å². The maximum atomic E-state index is 5.86. The van der Waals surface area contributed by atoms with E-state index in [0.29, 0.717) is 12.0 Å². The number of nitrogens with zero attached hydrogens (tertiary/aromatic N) is 3. The molecule has 2 N–H and O–H groups in total. The van der Waals surface area contributed by atoms with Crippen LogP contribution in [0.3, 0.4) is 0 Å². The van der Waals surface area contributed by atoms with Crippen molar-refractivity contribution in [1.82, 2.24) is 9.80 Å². The quantitative estimate of drug-likeness (QED) is 0.529. The van der Waals surface area contributed by atoms with E-state index >= 15 is 0 Å². The number of aliphatic imine (C=N–C) groups is 1. The van der Waals surface area contributed by atoms with E-state index in [9.17, 15) is 0 Å². The Kier molecular flexibility index (Phi) is 7.13. The molecule has 15 heavy (non-hydrogen) atoms. The number of hydrogen-bond acceptors (Lipinski definition) is 2. The molecular formula is C11H26N4. The van der Waals surface area contributed by atoms with Gasteiger partial charge in [0.25, 0.3) is 0 Å². The van der Waals surface area contributed by atoms with Gasteiger partial charge in [0.1, 0.15) is 0 Å². The minimum absolute atomic E-state index is 0.565. The predicted molar refractivity (Wildman–Crippen MR) is 67.2 cm³/mol. The summed E-state index contributed by atoms with van der Waals surface area (Å²) in [6, 6.07) is 0.565. The van der Waals surface area contributed by atoms with Gasteiger partial charge in [0.15, 0.2) is 5.96 Å². The molecule has 90 valence electrons. The predicted octanol–water partition coefficient (Wildman–Crippen LogP) is 0.983. The van der Waals surface area contributed by atoms with Gasteiger partial charge in [0, 0.05) is 25.7 Å². The lowest BCUT2D eigenvalue weighted by molar-refractivity contribution is 0.281. The second-order valence-corrected chi connectivity index (χ2v) is 3.99. The van der Waals surface area contributed by atoms with E-state index in [1.54, 1.807) is 0 Å². The van der Waals surface area contributed by atoms with E-state index in [1.807, 2.05) is 0 Å². The van der Waals surface area contributed by atoms with Gasteiger partial charge in [-0.25, -0.2) is 0 Å². The molecule has 0 aliphatic rings. The highest BCUT2D eigenvalue weighted by Crippen LogP contribution is 1.93. The van der Waals surface area contributed by atoms with Gasteiger partial charge in [0.05, 0.1) is 6.54 Å². The third kappa shape index (κ3) is 5.62. The Morgan fingerprint density at radius 3 is 2.20 bits per heavy atom. The molecule has 4 nitrogen and oxygen atoms in total. The second kappa shape index (κ2) is 7.51. The lowest BCUT2D eigenvalue weighted by Gasteiger charge is -2.22. The maximum absolute atomic E-state index is 5.86. The Morgan fingerprint density at radius 1 is 1.27 bits per heavy atom. The van der Waals surface area contributed by atoms with Crippen molar-refractivity contribution in [2.75, 3.05) is 33.2 Å². The average Bonchev–Trinajstić information content (AvgIpc) is 2.19. The smallest absolute Gasteiger partial charge is 0.191 e. The molecule has 0 saturated carbocycles. The maximum Gasteiger partial charge on any atom is 0.191 e. The molecule has 0 saturated heterocycles. The van der Waals surface area contributed by atoms with Crippen LogP contribution in [0.5, 0.6) is 0 Å².